The lowest BCUT2D eigenvalue weighted by molar-refractivity contribution is -0.138. The van der Waals surface area contributed by atoms with Crippen molar-refractivity contribution in [1.82, 2.24) is 10.2 Å². The maximum Gasteiger partial charge on any atom is 0.260 e. The molecule has 3 rings (SSSR count). The fraction of sp³-hybridized carbons (Fsp3) is 0.909. The average Bonchev–Trinajstić information content (AvgIpc) is 2.86. The Bertz CT molecular complexity index is 309. The molecule has 5 heteroatoms. The van der Waals surface area contributed by atoms with E-state index in [4.69, 9.17) is 0 Å². The third-order valence-electron chi connectivity index (χ3n) is 3.93. The molecule has 0 radical (unpaired) electrons. The number of likely N-dealkylation sites (tertiary alicyclic amines) is 1. The van der Waals surface area contributed by atoms with Gasteiger partial charge in [0.2, 0.25) is 5.91 Å². The highest BCUT2D eigenvalue weighted by Crippen LogP contribution is 2.50. The molecule has 3 unspecified atom stereocenters. The predicted octanol–water partition coefficient (Wildman–Crippen LogP) is 0.710. The Morgan fingerprint density at radius 1 is 1.25 bits per heavy atom. The molecule has 3 atom stereocenters. The SMILES string of the molecule is O=C(C1CC1(F)F)N1CC2CNCC(C2)C1. The van der Waals surface area contributed by atoms with E-state index in [9.17, 15) is 13.6 Å². The molecule has 0 aromatic carbocycles. The van der Waals surface area contributed by atoms with Gasteiger partial charge in [0.1, 0.15) is 5.92 Å². The van der Waals surface area contributed by atoms with Gasteiger partial charge in [-0.2, -0.15) is 0 Å². The van der Waals surface area contributed by atoms with E-state index in [-0.39, 0.29) is 12.3 Å². The van der Waals surface area contributed by atoms with Gasteiger partial charge in [0, 0.05) is 19.5 Å². The van der Waals surface area contributed by atoms with Gasteiger partial charge in [0.05, 0.1) is 0 Å². The van der Waals surface area contributed by atoms with E-state index in [1.165, 1.54) is 0 Å². The van der Waals surface area contributed by atoms with E-state index < -0.39 is 11.8 Å². The van der Waals surface area contributed by atoms with Crippen LogP contribution in [0.4, 0.5) is 8.78 Å². The third-order valence-corrected chi connectivity index (χ3v) is 3.93. The summed E-state index contributed by atoms with van der Waals surface area (Å²) in [6.07, 6.45) is 0.897. The van der Waals surface area contributed by atoms with Crippen LogP contribution >= 0.6 is 0 Å². The van der Waals surface area contributed by atoms with Crippen LogP contribution in [0.5, 0.6) is 0 Å². The molecule has 2 saturated heterocycles. The lowest BCUT2D eigenvalue weighted by Crippen LogP contribution is -2.53. The van der Waals surface area contributed by atoms with Gasteiger partial charge < -0.3 is 10.2 Å². The van der Waals surface area contributed by atoms with Crippen LogP contribution in [0.1, 0.15) is 12.8 Å². The van der Waals surface area contributed by atoms with Gasteiger partial charge in [-0.1, -0.05) is 0 Å². The monoisotopic (exact) mass is 230 g/mol. The summed E-state index contributed by atoms with van der Waals surface area (Å²) in [4.78, 5) is 13.5. The van der Waals surface area contributed by atoms with Crippen LogP contribution in [0.2, 0.25) is 0 Å². The van der Waals surface area contributed by atoms with Crippen molar-refractivity contribution < 1.29 is 13.6 Å². The molecule has 1 aliphatic carbocycles. The molecule has 3 aliphatic rings. The number of nitrogens with one attached hydrogen (secondary N) is 1. The molecule has 2 heterocycles. The highest BCUT2D eigenvalue weighted by atomic mass is 19.3. The molecule has 3 nitrogen and oxygen atoms in total. The second-order valence-electron chi connectivity index (χ2n) is 5.39. The van der Waals surface area contributed by atoms with Gasteiger partial charge >= 0.3 is 0 Å². The molecule has 1 saturated carbocycles. The second-order valence-corrected chi connectivity index (χ2v) is 5.39. The molecule has 0 aromatic rings. The molecular formula is C11H16F2N2O. The Balaban J connectivity index is 1.65. The number of piperidine rings is 2. The number of hydrogen-bond acceptors (Lipinski definition) is 2. The van der Waals surface area contributed by atoms with Crippen molar-refractivity contribution in [2.45, 2.75) is 18.8 Å². The van der Waals surface area contributed by atoms with Gasteiger partial charge in [-0.15, -0.1) is 0 Å². The van der Waals surface area contributed by atoms with Gasteiger partial charge in [0.15, 0.2) is 0 Å². The molecule has 0 aromatic heterocycles. The molecule has 1 amide bonds. The molecule has 16 heavy (non-hydrogen) atoms. The predicted molar refractivity (Wildman–Crippen MR) is 54.1 cm³/mol. The van der Waals surface area contributed by atoms with Crippen LogP contribution in [-0.2, 0) is 4.79 Å². The van der Waals surface area contributed by atoms with Crippen molar-refractivity contribution in [3.8, 4) is 0 Å². The summed E-state index contributed by atoms with van der Waals surface area (Å²) in [5, 5.41) is 3.32. The zero-order valence-corrected chi connectivity index (χ0v) is 9.09. The summed E-state index contributed by atoms with van der Waals surface area (Å²) in [5.74, 6) is -3.13. The number of carbonyl (C=O) groups excluding carboxylic acids is 1. The number of fused-ring (bicyclic) bond motifs is 2. The van der Waals surface area contributed by atoms with Gasteiger partial charge in [-0.25, -0.2) is 8.78 Å². The summed E-state index contributed by atoms with van der Waals surface area (Å²) in [6.45, 7) is 3.16. The summed E-state index contributed by atoms with van der Waals surface area (Å²) < 4.78 is 25.7. The van der Waals surface area contributed by atoms with Crippen LogP contribution < -0.4 is 5.32 Å². The van der Waals surface area contributed by atoms with E-state index >= 15 is 0 Å². The number of hydrogen-bond donors (Lipinski definition) is 1. The number of rotatable bonds is 1. The topological polar surface area (TPSA) is 32.3 Å². The lowest BCUT2D eigenvalue weighted by Gasteiger charge is -2.41. The zero-order chi connectivity index (χ0) is 11.3. The Morgan fingerprint density at radius 2 is 1.81 bits per heavy atom. The van der Waals surface area contributed by atoms with Crippen LogP contribution in [0.15, 0.2) is 0 Å². The Kier molecular flexibility index (Phi) is 2.21. The number of amides is 1. The normalized spacial score (nSPS) is 40.6. The van der Waals surface area contributed by atoms with Crippen LogP contribution in [-0.4, -0.2) is 42.9 Å². The Labute approximate surface area is 93.2 Å². The fourth-order valence-electron chi connectivity index (χ4n) is 2.99. The zero-order valence-electron chi connectivity index (χ0n) is 9.09. The molecule has 3 fully saturated rings. The first-order valence-corrected chi connectivity index (χ1v) is 5.93. The van der Waals surface area contributed by atoms with E-state index in [1.54, 1.807) is 4.90 Å². The Hall–Kier alpha value is -0.710. The standard InChI is InChI=1S/C11H16F2N2O/c12-11(13)2-9(11)10(16)15-5-7-1-8(6-15)4-14-3-7/h7-9,14H,1-6H2. The molecule has 1 N–H and O–H groups in total. The molecule has 2 bridgehead atoms. The van der Waals surface area contributed by atoms with Crippen molar-refractivity contribution >= 4 is 5.91 Å². The highest BCUT2D eigenvalue weighted by molar-refractivity contribution is 5.83. The number of halogens is 2. The summed E-state index contributed by atoms with van der Waals surface area (Å²) in [5.41, 5.74) is 0. The van der Waals surface area contributed by atoms with Crippen molar-refractivity contribution in [2.75, 3.05) is 26.2 Å². The maximum absolute atomic E-state index is 12.8. The minimum Gasteiger partial charge on any atom is -0.342 e. The second kappa shape index (κ2) is 3.39. The van der Waals surface area contributed by atoms with E-state index in [0.717, 1.165) is 19.5 Å². The average molecular weight is 230 g/mol. The number of nitrogens with zero attached hydrogens (tertiary/aromatic N) is 1. The van der Waals surface area contributed by atoms with Crippen LogP contribution in [0.25, 0.3) is 0 Å². The van der Waals surface area contributed by atoms with E-state index in [1.807, 2.05) is 0 Å². The smallest absolute Gasteiger partial charge is 0.260 e. The minimum atomic E-state index is -2.72. The number of alkyl halides is 2. The highest BCUT2D eigenvalue weighted by Gasteiger charge is 2.62. The minimum absolute atomic E-state index is 0.240. The first-order valence-electron chi connectivity index (χ1n) is 5.93. The number of carbonyl (C=O) groups is 1. The lowest BCUT2D eigenvalue weighted by atomic mass is 9.85. The summed E-state index contributed by atoms with van der Waals surface area (Å²) in [6, 6.07) is 0. The maximum atomic E-state index is 12.8. The Morgan fingerprint density at radius 3 is 2.31 bits per heavy atom. The van der Waals surface area contributed by atoms with Crippen LogP contribution in [0, 0.1) is 17.8 Å². The molecule has 2 aliphatic heterocycles. The van der Waals surface area contributed by atoms with Crippen molar-refractivity contribution in [3.63, 3.8) is 0 Å². The van der Waals surface area contributed by atoms with E-state index in [0.29, 0.717) is 24.9 Å². The summed E-state index contributed by atoms with van der Waals surface area (Å²) >= 11 is 0. The van der Waals surface area contributed by atoms with Gasteiger partial charge in [-0.3, -0.25) is 4.79 Å². The molecule has 90 valence electrons. The van der Waals surface area contributed by atoms with Crippen LogP contribution in [0.3, 0.4) is 0 Å². The molecular weight excluding hydrogens is 214 g/mol. The largest absolute Gasteiger partial charge is 0.342 e. The summed E-state index contributed by atoms with van der Waals surface area (Å²) in [7, 11) is 0. The van der Waals surface area contributed by atoms with Crippen molar-refractivity contribution in [2.24, 2.45) is 17.8 Å². The van der Waals surface area contributed by atoms with E-state index in [2.05, 4.69) is 5.32 Å². The fourth-order valence-corrected chi connectivity index (χ4v) is 2.99. The van der Waals surface area contributed by atoms with Crippen molar-refractivity contribution in [3.05, 3.63) is 0 Å². The van der Waals surface area contributed by atoms with Gasteiger partial charge in [-0.05, 0) is 31.3 Å². The van der Waals surface area contributed by atoms with Gasteiger partial charge in [0.25, 0.3) is 5.92 Å². The quantitative estimate of drug-likeness (QED) is 0.719. The first kappa shape index (κ1) is 10.4. The van der Waals surface area contributed by atoms with Crippen molar-refractivity contribution in [1.29, 1.82) is 0 Å². The third kappa shape index (κ3) is 1.71. The first-order chi connectivity index (χ1) is 7.56. The molecule has 0 spiro atoms.